The molecule has 0 radical (unpaired) electrons. The number of ether oxygens (including phenoxy) is 2. The second-order valence-corrected chi connectivity index (χ2v) is 9.42. The van der Waals surface area contributed by atoms with E-state index in [9.17, 15) is 10.1 Å². The first-order valence-corrected chi connectivity index (χ1v) is 11.8. The van der Waals surface area contributed by atoms with Crippen molar-refractivity contribution in [3.8, 4) is 17.6 Å². The summed E-state index contributed by atoms with van der Waals surface area (Å²) in [6.45, 7) is 5.80. The first kappa shape index (κ1) is 22.8. The molecule has 0 aliphatic carbocycles. The molecule has 7 heteroatoms. The molecular weight excluding hydrogens is 508 g/mol. The highest BCUT2D eigenvalue weighted by molar-refractivity contribution is 9.10. The number of hydrogen-bond donors (Lipinski definition) is 1. The van der Waals surface area contributed by atoms with Gasteiger partial charge in [0.2, 0.25) is 11.6 Å². The SMILES string of the molecule is Cc1ccc2c(C)c(C(=O)Oc3ccc4c(c3)OC(N)=C(C#N)C4c3cccc(Br)c3)oc2c1C. The molecule has 6 nitrogen and oxygen atoms in total. The molecular formula is C28H21BrN2O4. The normalized spacial score (nSPS) is 14.9. The number of carbonyl (C=O) groups is 1. The van der Waals surface area contributed by atoms with Crippen molar-refractivity contribution in [3.05, 3.63) is 104 Å². The number of hydrogen-bond acceptors (Lipinski definition) is 6. The molecule has 35 heavy (non-hydrogen) atoms. The lowest BCUT2D eigenvalue weighted by molar-refractivity contribution is 0.0702. The third-order valence-corrected chi connectivity index (χ3v) is 6.89. The van der Waals surface area contributed by atoms with Gasteiger partial charge in [0.1, 0.15) is 28.7 Å². The van der Waals surface area contributed by atoms with Crippen molar-refractivity contribution < 1.29 is 18.7 Å². The van der Waals surface area contributed by atoms with E-state index in [1.807, 2.05) is 57.2 Å². The Bertz CT molecular complexity index is 1590. The lowest BCUT2D eigenvalue weighted by atomic mass is 9.83. The van der Waals surface area contributed by atoms with Crippen LogP contribution in [0, 0.1) is 32.1 Å². The zero-order valence-corrected chi connectivity index (χ0v) is 20.9. The number of allylic oxidation sites excluding steroid dienone is 1. The van der Waals surface area contributed by atoms with Crippen molar-refractivity contribution in [1.82, 2.24) is 0 Å². The van der Waals surface area contributed by atoms with Gasteiger partial charge >= 0.3 is 5.97 Å². The van der Waals surface area contributed by atoms with Crippen LogP contribution >= 0.6 is 15.9 Å². The van der Waals surface area contributed by atoms with Crippen LogP contribution in [0.25, 0.3) is 11.0 Å². The molecule has 5 rings (SSSR count). The van der Waals surface area contributed by atoms with Gasteiger partial charge in [-0.2, -0.15) is 5.26 Å². The van der Waals surface area contributed by atoms with E-state index in [1.54, 1.807) is 18.2 Å². The minimum atomic E-state index is -0.601. The van der Waals surface area contributed by atoms with Gasteiger partial charge in [-0.25, -0.2) is 4.79 Å². The number of benzene rings is 3. The standard InChI is InChI=1S/C28H21BrN2O4/c1-14-7-9-20-16(3)26(35-25(20)15(14)2)28(32)33-19-8-10-21-23(12-19)34-27(31)22(13-30)24(21)17-5-4-6-18(29)11-17/h4-12,24H,31H2,1-3H3. The van der Waals surface area contributed by atoms with E-state index in [4.69, 9.17) is 19.6 Å². The predicted molar refractivity (Wildman–Crippen MR) is 135 cm³/mol. The Balaban J connectivity index is 1.50. The Morgan fingerprint density at radius 3 is 2.63 bits per heavy atom. The number of nitrogens with two attached hydrogens (primary N) is 1. The molecule has 1 unspecified atom stereocenters. The largest absolute Gasteiger partial charge is 0.448 e. The van der Waals surface area contributed by atoms with Crippen molar-refractivity contribution >= 4 is 32.9 Å². The van der Waals surface area contributed by atoms with E-state index >= 15 is 0 Å². The number of aryl methyl sites for hydroxylation is 3. The lowest BCUT2D eigenvalue weighted by Gasteiger charge is -2.26. The monoisotopic (exact) mass is 528 g/mol. The molecule has 3 aromatic carbocycles. The van der Waals surface area contributed by atoms with Crippen LogP contribution in [0.3, 0.4) is 0 Å². The number of nitriles is 1. The molecule has 1 aliphatic rings. The first-order valence-electron chi connectivity index (χ1n) is 11.0. The maximum Gasteiger partial charge on any atom is 0.379 e. The van der Waals surface area contributed by atoms with E-state index in [1.165, 1.54) is 0 Å². The topological polar surface area (TPSA) is 98.5 Å². The average Bonchev–Trinajstić information content (AvgIpc) is 3.17. The summed E-state index contributed by atoms with van der Waals surface area (Å²) in [4.78, 5) is 13.0. The molecule has 0 bridgehead atoms. The third-order valence-electron chi connectivity index (χ3n) is 6.39. The Morgan fingerprint density at radius 2 is 1.89 bits per heavy atom. The fraction of sp³-hybridized carbons (Fsp3) is 0.143. The molecule has 2 heterocycles. The Hall–Kier alpha value is -4.02. The predicted octanol–water partition coefficient (Wildman–Crippen LogP) is 6.56. The van der Waals surface area contributed by atoms with Crippen LogP contribution < -0.4 is 15.2 Å². The summed E-state index contributed by atoms with van der Waals surface area (Å²) in [5, 5.41) is 10.6. The first-order chi connectivity index (χ1) is 16.8. The van der Waals surface area contributed by atoms with Gasteiger partial charge in [0, 0.05) is 27.1 Å². The zero-order valence-electron chi connectivity index (χ0n) is 19.3. The Labute approximate surface area is 210 Å². The Kier molecular flexibility index (Phi) is 5.62. The number of nitrogens with zero attached hydrogens (tertiary/aromatic N) is 1. The van der Waals surface area contributed by atoms with Crippen molar-refractivity contribution in [2.45, 2.75) is 26.7 Å². The van der Waals surface area contributed by atoms with Crippen LogP contribution in [0.15, 0.2) is 74.9 Å². The molecule has 1 aliphatic heterocycles. The van der Waals surface area contributed by atoms with E-state index in [2.05, 4.69) is 22.0 Å². The maximum atomic E-state index is 13.0. The van der Waals surface area contributed by atoms with E-state index in [0.29, 0.717) is 16.9 Å². The van der Waals surface area contributed by atoms with Gasteiger partial charge in [0.15, 0.2) is 0 Å². The summed E-state index contributed by atoms with van der Waals surface area (Å²) in [5.41, 5.74) is 11.5. The maximum absolute atomic E-state index is 13.0. The van der Waals surface area contributed by atoms with Crippen molar-refractivity contribution in [1.29, 1.82) is 5.26 Å². The van der Waals surface area contributed by atoms with Crippen LogP contribution in [-0.2, 0) is 0 Å². The summed E-state index contributed by atoms with van der Waals surface area (Å²) >= 11 is 3.49. The van der Waals surface area contributed by atoms with Gasteiger partial charge in [-0.3, -0.25) is 0 Å². The summed E-state index contributed by atoms with van der Waals surface area (Å²) in [7, 11) is 0. The third kappa shape index (κ3) is 3.86. The fourth-order valence-corrected chi connectivity index (χ4v) is 4.81. The average molecular weight is 529 g/mol. The number of esters is 1. The fourth-order valence-electron chi connectivity index (χ4n) is 4.39. The molecule has 1 atom stereocenters. The smallest absolute Gasteiger partial charge is 0.379 e. The van der Waals surface area contributed by atoms with Gasteiger partial charge in [0.25, 0.3) is 0 Å². The summed E-state index contributed by atoms with van der Waals surface area (Å²) in [6, 6.07) is 18.9. The highest BCUT2D eigenvalue weighted by atomic mass is 79.9. The zero-order chi connectivity index (χ0) is 24.9. The molecule has 0 saturated heterocycles. The molecule has 174 valence electrons. The minimum absolute atomic E-state index is 0.0208. The van der Waals surface area contributed by atoms with E-state index < -0.39 is 11.9 Å². The summed E-state index contributed by atoms with van der Waals surface area (Å²) in [6.07, 6.45) is 0. The number of furan rings is 1. The highest BCUT2D eigenvalue weighted by Crippen LogP contribution is 2.44. The van der Waals surface area contributed by atoms with Gasteiger partial charge in [-0.1, -0.05) is 46.3 Å². The van der Waals surface area contributed by atoms with Gasteiger partial charge < -0.3 is 19.6 Å². The molecule has 0 saturated carbocycles. The van der Waals surface area contributed by atoms with E-state index in [0.717, 1.165) is 37.7 Å². The second-order valence-electron chi connectivity index (χ2n) is 8.51. The van der Waals surface area contributed by atoms with Crippen LogP contribution in [0.1, 0.15) is 44.3 Å². The molecule has 0 fully saturated rings. The number of halogens is 1. The van der Waals surface area contributed by atoms with Crippen LogP contribution in [0.4, 0.5) is 0 Å². The molecule has 0 spiro atoms. The van der Waals surface area contributed by atoms with Gasteiger partial charge in [0.05, 0.1) is 5.92 Å². The quantitative estimate of drug-likeness (QED) is 0.239. The van der Waals surface area contributed by atoms with Crippen molar-refractivity contribution in [3.63, 3.8) is 0 Å². The van der Waals surface area contributed by atoms with Crippen LogP contribution in [0.5, 0.6) is 11.5 Å². The number of fused-ring (bicyclic) bond motifs is 2. The molecule has 0 amide bonds. The van der Waals surface area contributed by atoms with Gasteiger partial charge in [-0.05, 0) is 55.7 Å². The number of carbonyl (C=O) groups excluding carboxylic acids is 1. The summed E-state index contributed by atoms with van der Waals surface area (Å²) < 4.78 is 18.2. The van der Waals surface area contributed by atoms with Crippen LogP contribution in [-0.4, -0.2) is 5.97 Å². The number of rotatable bonds is 3. The molecule has 4 aromatic rings. The summed E-state index contributed by atoms with van der Waals surface area (Å²) in [5.74, 6) is -0.128. The van der Waals surface area contributed by atoms with Crippen molar-refractivity contribution in [2.24, 2.45) is 5.73 Å². The van der Waals surface area contributed by atoms with E-state index in [-0.39, 0.29) is 17.4 Å². The second kappa shape index (κ2) is 8.64. The lowest BCUT2D eigenvalue weighted by Crippen LogP contribution is -2.21. The Morgan fingerprint density at radius 1 is 1.09 bits per heavy atom. The van der Waals surface area contributed by atoms with Crippen LogP contribution in [0.2, 0.25) is 0 Å². The minimum Gasteiger partial charge on any atom is -0.448 e. The molecule has 1 aromatic heterocycles. The van der Waals surface area contributed by atoms with Gasteiger partial charge in [-0.15, -0.1) is 0 Å². The van der Waals surface area contributed by atoms with Crippen molar-refractivity contribution in [2.75, 3.05) is 0 Å². The molecule has 2 N–H and O–H groups in total. The highest BCUT2D eigenvalue weighted by Gasteiger charge is 2.31.